The number of amides is 1. The van der Waals surface area contributed by atoms with Gasteiger partial charge in [0, 0.05) is 52.4 Å². The molecular weight excluding hydrogens is 414 g/mol. The van der Waals surface area contributed by atoms with E-state index in [0.29, 0.717) is 12.5 Å². The van der Waals surface area contributed by atoms with E-state index in [4.69, 9.17) is 9.47 Å². The van der Waals surface area contributed by atoms with Crippen LogP contribution in [0.25, 0.3) is 10.8 Å². The fraction of sp³-hybridized carbons (Fsp3) is 0.593. The highest BCUT2D eigenvalue weighted by Crippen LogP contribution is 2.26. The van der Waals surface area contributed by atoms with Crippen molar-refractivity contribution in [1.29, 1.82) is 0 Å². The second kappa shape index (κ2) is 11.0. The average Bonchev–Trinajstić information content (AvgIpc) is 3.37. The first-order chi connectivity index (χ1) is 16.2. The molecule has 6 heteroatoms. The quantitative estimate of drug-likeness (QED) is 0.702. The van der Waals surface area contributed by atoms with E-state index in [0.717, 1.165) is 78.4 Å². The molecule has 2 aromatic rings. The molecule has 3 saturated heterocycles. The maximum absolute atomic E-state index is 13.1. The summed E-state index contributed by atoms with van der Waals surface area (Å²) in [5.74, 6) is 0.725. The SMILES string of the molecule is O=C(NCC1CCCO1)[C@@H]1C[C@H](CN2CCOCC2)CN(Cc2ccc3ccccc3c2)C1. The van der Waals surface area contributed by atoms with E-state index < -0.39 is 0 Å². The molecule has 33 heavy (non-hydrogen) atoms. The van der Waals surface area contributed by atoms with Crippen LogP contribution in [-0.2, 0) is 20.8 Å². The molecule has 3 atom stereocenters. The van der Waals surface area contributed by atoms with Crippen molar-refractivity contribution in [3.63, 3.8) is 0 Å². The summed E-state index contributed by atoms with van der Waals surface area (Å²) < 4.78 is 11.2. The summed E-state index contributed by atoms with van der Waals surface area (Å²) in [5, 5.41) is 5.76. The number of hydrogen-bond donors (Lipinski definition) is 1. The van der Waals surface area contributed by atoms with Crippen LogP contribution >= 0.6 is 0 Å². The number of benzene rings is 2. The van der Waals surface area contributed by atoms with Crippen LogP contribution in [0, 0.1) is 11.8 Å². The summed E-state index contributed by atoms with van der Waals surface area (Å²) in [7, 11) is 0. The minimum atomic E-state index is 0.0339. The third-order valence-corrected chi connectivity index (χ3v) is 7.35. The number of carbonyl (C=O) groups is 1. The summed E-state index contributed by atoms with van der Waals surface area (Å²) in [5.41, 5.74) is 1.32. The van der Waals surface area contributed by atoms with Crippen LogP contribution in [0.2, 0.25) is 0 Å². The third kappa shape index (κ3) is 6.12. The minimum absolute atomic E-state index is 0.0339. The van der Waals surface area contributed by atoms with E-state index in [1.54, 1.807) is 0 Å². The standard InChI is InChI=1S/C27H37N3O3/c31-27(28-16-26-6-3-11-33-26)25-15-22(18-29-9-12-32-13-10-29)19-30(20-25)17-21-7-8-23-4-1-2-5-24(23)14-21/h1-2,4-5,7-8,14,22,25-26H,3,6,9-13,15-20H2,(H,28,31)/t22-,25-,26?/m1/s1. The molecule has 3 aliphatic rings. The van der Waals surface area contributed by atoms with Crippen molar-refractivity contribution < 1.29 is 14.3 Å². The van der Waals surface area contributed by atoms with Crippen LogP contribution in [-0.4, -0.2) is 80.9 Å². The number of nitrogens with zero attached hydrogens (tertiary/aromatic N) is 2. The smallest absolute Gasteiger partial charge is 0.224 e. The van der Waals surface area contributed by atoms with Crippen LogP contribution < -0.4 is 5.32 Å². The van der Waals surface area contributed by atoms with Crippen molar-refractivity contribution in [2.45, 2.75) is 31.9 Å². The maximum atomic E-state index is 13.1. The van der Waals surface area contributed by atoms with E-state index in [1.807, 2.05) is 0 Å². The Balaban J connectivity index is 1.25. The van der Waals surface area contributed by atoms with Gasteiger partial charge in [0.25, 0.3) is 0 Å². The van der Waals surface area contributed by atoms with Gasteiger partial charge in [0.1, 0.15) is 0 Å². The first-order valence-corrected chi connectivity index (χ1v) is 12.6. The van der Waals surface area contributed by atoms with Gasteiger partial charge in [-0.3, -0.25) is 14.6 Å². The molecule has 0 bridgehead atoms. The monoisotopic (exact) mass is 451 g/mol. The van der Waals surface area contributed by atoms with Gasteiger partial charge in [-0.15, -0.1) is 0 Å². The van der Waals surface area contributed by atoms with Crippen molar-refractivity contribution in [1.82, 2.24) is 15.1 Å². The Morgan fingerprint density at radius 3 is 2.67 bits per heavy atom. The predicted molar refractivity (Wildman–Crippen MR) is 130 cm³/mol. The van der Waals surface area contributed by atoms with Crippen LogP contribution in [0.3, 0.4) is 0 Å². The first kappa shape index (κ1) is 22.8. The lowest BCUT2D eigenvalue weighted by Crippen LogP contribution is -2.50. The van der Waals surface area contributed by atoms with Gasteiger partial charge in [0.2, 0.25) is 5.91 Å². The lowest BCUT2D eigenvalue weighted by atomic mass is 9.87. The fourth-order valence-electron chi connectivity index (χ4n) is 5.66. The summed E-state index contributed by atoms with van der Waals surface area (Å²) in [6.45, 7) is 8.90. The van der Waals surface area contributed by atoms with E-state index in [2.05, 4.69) is 57.6 Å². The van der Waals surface area contributed by atoms with Crippen molar-refractivity contribution in [2.75, 3.05) is 59.1 Å². The lowest BCUT2D eigenvalue weighted by Gasteiger charge is -2.40. The lowest BCUT2D eigenvalue weighted by molar-refractivity contribution is -0.128. The van der Waals surface area contributed by atoms with Gasteiger partial charge in [-0.2, -0.15) is 0 Å². The number of hydrogen-bond acceptors (Lipinski definition) is 5. The average molecular weight is 452 g/mol. The molecule has 1 amide bonds. The predicted octanol–water partition coefficient (Wildman–Crippen LogP) is 2.91. The number of nitrogens with one attached hydrogen (secondary N) is 1. The van der Waals surface area contributed by atoms with E-state index in [-0.39, 0.29) is 17.9 Å². The number of carbonyl (C=O) groups excluding carboxylic acids is 1. The number of ether oxygens (including phenoxy) is 2. The van der Waals surface area contributed by atoms with E-state index in [9.17, 15) is 4.79 Å². The van der Waals surface area contributed by atoms with Crippen LogP contribution in [0.5, 0.6) is 0 Å². The van der Waals surface area contributed by atoms with Crippen LogP contribution in [0.4, 0.5) is 0 Å². The van der Waals surface area contributed by atoms with Crippen molar-refractivity contribution in [3.8, 4) is 0 Å². The van der Waals surface area contributed by atoms with Gasteiger partial charge in [-0.25, -0.2) is 0 Å². The molecule has 3 aliphatic heterocycles. The summed E-state index contributed by atoms with van der Waals surface area (Å²) in [4.78, 5) is 18.1. The second-order valence-corrected chi connectivity index (χ2v) is 9.97. The Morgan fingerprint density at radius 2 is 1.85 bits per heavy atom. The minimum Gasteiger partial charge on any atom is -0.379 e. The van der Waals surface area contributed by atoms with E-state index in [1.165, 1.54) is 16.3 Å². The van der Waals surface area contributed by atoms with Crippen LogP contribution in [0.15, 0.2) is 42.5 Å². The molecule has 0 aliphatic carbocycles. The Kier molecular flexibility index (Phi) is 7.57. The van der Waals surface area contributed by atoms with Crippen LogP contribution in [0.1, 0.15) is 24.8 Å². The third-order valence-electron chi connectivity index (χ3n) is 7.35. The molecule has 3 fully saturated rings. The van der Waals surface area contributed by atoms with Crippen molar-refractivity contribution in [3.05, 3.63) is 48.0 Å². The molecule has 5 rings (SSSR count). The van der Waals surface area contributed by atoms with E-state index >= 15 is 0 Å². The Bertz CT molecular complexity index is 924. The van der Waals surface area contributed by atoms with Gasteiger partial charge >= 0.3 is 0 Å². The molecule has 1 N–H and O–H groups in total. The maximum Gasteiger partial charge on any atom is 0.224 e. The molecule has 1 unspecified atom stereocenters. The highest BCUT2D eigenvalue weighted by molar-refractivity contribution is 5.83. The number of piperidine rings is 1. The highest BCUT2D eigenvalue weighted by atomic mass is 16.5. The largest absolute Gasteiger partial charge is 0.379 e. The van der Waals surface area contributed by atoms with Gasteiger partial charge in [0.15, 0.2) is 0 Å². The molecule has 0 saturated carbocycles. The molecular formula is C27H37N3O3. The molecule has 0 aromatic heterocycles. The Morgan fingerprint density at radius 1 is 1.00 bits per heavy atom. The number of morpholine rings is 1. The van der Waals surface area contributed by atoms with Gasteiger partial charge in [-0.1, -0.05) is 36.4 Å². The molecule has 178 valence electrons. The van der Waals surface area contributed by atoms with Crippen molar-refractivity contribution in [2.24, 2.45) is 11.8 Å². The summed E-state index contributed by atoms with van der Waals surface area (Å²) in [6.07, 6.45) is 3.31. The second-order valence-electron chi connectivity index (χ2n) is 9.97. The van der Waals surface area contributed by atoms with Gasteiger partial charge in [0.05, 0.1) is 25.2 Å². The highest BCUT2D eigenvalue weighted by Gasteiger charge is 2.33. The topological polar surface area (TPSA) is 54.0 Å². The Labute approximate surface area is 197 Å². The molecule has 0 spiro atoms. The zero-order valence-electron chi connectivity index (χ0n) is 19.6. The van der Waals surface area contributed by atoms with Crippen molar-refractivity contribution >= 4 is 16.7 Å². The van der Waals surface area contributed by atoms with Gasteiger partial charge in [-0.05, 0) is 47.6 Å². The molecule has 3 heterocycles. The number of fused-ring (bicyclic) bond motifs is 1. The fourth-order valence-corrected chi connectivity index (χ4v) is 5.66. The molecule has 6 nitrogen and oxygen atoms in total. The molecule has 2 aromatic carbocycles. The Hall–Kier alpha value is -1.99. The normalized spacial score (nSPS) is 27.1. The first-order valence-electron chi connectivity index (χ1n) is 12.6. The number of likely N-dealkylation sites (tertiary alicyclic amines) is 1. The zero-order chi connectivity index (χ0) is 22.5. The molecule has 0 radical (unpaired) electrons. The van der Waals surface area contributed by atoms with Gasteiger partial charge < -0.3 is 14.8 Å². The number of rotatable bonds is 7. The summed E-state index contributed by atoms with van der Waals surface area (Å²) >= 11 is 0. The summed E-state index contributed by atoms with van der Waals surface area (Å²) in [6, 6.07) is 15.3. The zero-order valence-corrected chi connectivity index (χ0v) is 19.6.